The number of nitrogens with zero attached hydrogens (tertiary/aromatic N) is 4. The van der Waals surface area contributed by atoms with Crippen LogP contribution in [0.5, 0.6) is 5.75 Å². The van der Waals surface area contributed by atoms with E-state index in [9.17, 15) is 9.18 Å². The van der Waals surface area contributed by atoms with Crippen LogP contribution in [0, 0.1) is 12.7 Å². The summed E-state index contributed by atoms with van der Waals surface area (Å²) in [6.07, 6.45) is 3.44. The van der Waals surface area contributed by atoms with Crippen LogP contribution in [0.1, 0.15) is 23.7 Å². The van der Waals surface area contributed by atoms with E-state index in [1.54, 1.807) is 30.1 Å². The van der Waals surface area contributed by atoms with Gasteiger partial charge in [-0.25, -0.2) is 9.37 Å². The first-order valence-corrected chi connectivity index (χ1v) is 11.0. The number of hydrogen-bond acceptors (Lipinski definition) is 7. The second kappa shape index (κ2) is 9.68. The Bertz CT molecular complexity index is 1200. The smallest absolute Gasteiger partial charge is 0.249 e. The Morgan fingerprint density at radius 3 is 2.79 bits per heavy atom. The molecule has 1 aliphatic rings. The van der Waals surface area contributed by atoms with E-state index in [0.717, 1.165) is 22.5 Å². The normalized spacial score (nSPS) is 16.1. The number of benzene rings is 1. The van der Waals surface area contributed by atoms with Gasteiger partial charge < -0.3 is 25.0 Å². The lowest BCUT2D eigenvalue weighted by molar-refractivity contribution is -0.120. The molecule has 2 N–H and O–H groups in total. The average molecular weight is 469 g/mol. The van der Waals surface area contributed by atoms with Crippen molar-refractivity contribution >= 4 is 23.1 Å². The highest BCUT2D eigenvalue weighted by Gasteiger charge is 2.36. The number of carbonyl (C=O) groups excluding carboxylic acids is 1. The zero-order chi connectivity index (χ0) is 24.4. The number of fused-ring (bicyclic) bond motifs is 1. The number of aromatic nitrogens is 3. The van der Waals surface area contributed by atoms with Crippen molar-refractivity contribution in [3.05, 3.63) is 59.3 Å². The van der Waals surface area contributed by atoms with Gasteiger partial charge in [-0.05, 0) is 31.5 Å². The maximum Gasteiger partial charge on any atom is 0.249 e. The fraction of sp³-hybridized carbons (Fsp3) is 0.375. The van der Waals surface area contributed by atoms with E-state index in [2.05, 4.69) is 20.7 Å². The van der Waals surface area contributed by atoms with E-state index in [0.29, 0.717) is 24.6 Å². The molecule has 2 atom stereocenters. The highest BCUT2D eigenvalue weighted by Crippen LogP contribution is 2.36. The fourth-order valence-electron chi connectivity index (χ4n) is 4.13. The first-order chi connectivity index (χ1) is 16.3. The minimum absolute atomic E-state index is 0.110. The van der Waals surface area contributed by atoms with Gasteiger partial charge in [0, 0.05) is 38.5 Å². The van der Waals surface area contributed by atoms with Crippen molar-refractivity contribution in [3.8, 4) is 5.75 Å². The molecule has 0 saturated carbocycles. The molecule has 34 heavy (non-hydrogen) atoms. The van der Waals surface area contributed by atoms with E-state index in [1.807, 2.05) is 38.1 Å². The molecule has 0 unspecified atom stereocenters. The van der Waals surface area contributed by atoms with Gasteiger partial charge in [-0.2, -0.15) is 5.10 Å². The van der Waals surface area contributed by atoms with Crippen LogP contribution in [0.4, 0.5) is 21.6 Å². The molecule has 0 fully saturated rings. The average Bonchev–Trinajstić information content (AvgIpc) is 3.26. The molecule has 10 heteroatoms. The van der Waals surface area contributed by atoms with Crippen molar-refractivity contribution in [3.63, 3.8) is 0 Å². The summed E-state index contributed by atoms with van der Waals surface area (Å²) >= 11 is 0. The summed E-state index contributed by atoms with van der Waals surface area (Å²) in [5, 5.41) is 10.7. The lowest BCUT2D eigenvalue weighted by atomic mass is 10.0. The summed E-state index contributed by atoms with van der Waals surface area (Å²) in [5.41, 5.74) is 4.17. The van der Waals surface area contributed by atoms with E-state index >= 15 is 0 Å². The lowest BCUT2D eigenvalue weighted by Gasteiger charge is -2.38. The molecule has 0 radical (unpaired) electrons. The van der Waals surface area contributed by atoms with Crippen LogP contribution >= 0.6 is 0 Å². The molecule has 9 nitrogen and oxygen atoms in total. The molecule has 0 saturated heterocycles. The zero-order valence-electron chi connectivity index (χ0n) is 19.9. The number of rotatable bonds is 8. The number of aryl methyl sites for hydroxylation is 1. The largest absolute Gasteiger partial charge is 0.494 e. The van der Waals surface area contributed by atoms with Crippen molar-refractivity contribution in [1.82, 2.24) is 14.8 Å². The lowest BCUT2D eigenvalue weighted by Crippen LogP contribution is -2.52. The number of pyridine rings is 1. The van der Waals surface area contributed by atoms with E-state index < -0.39 is 11.9 Å². The van der Waals surface area contributed by atoms with Crippen LogP contribution in [0.3, 0.4) is 0 Å². The third kappa shape index (κ3) is 4.67. The maximum atomic E-state index is 13.6. The molecule has 4 rings (SSSR count). The Balaban J connectivity index is 1.46. The van der Waals surface area contributed by atoms with Crippen LogP contribution < -0.4 is 20.3 Å². The van der Waals surface area contributed by atoms with Gasteiger partial charge in [0.05, 0.1) is 43.0 Å². The Hall–Kier alpha value is -3.66. The molecule has 1 amide bonds. The van der Waals surface area contributed by atoms with Gasteiger partial charge in [-0.3, -0.25) is 9.48 Å². The molecular weight excluding hydrogens is 439 g/mol. The molecule has 0 bridgehead atoms. The number of methoxy groups -OCH3 is 2. The molecule has 1 aromatic carbocycles. The maximum absolute atomic E-state index is 13.6. The third-order valence-corrected chi connectivity index (χ3v) is 6.03. The van der Waals surface area contributed by atoms with Crippen molar-refractivity contribution in [2.24, 2.45) is 0 Å². The number of nitrogens with one attached hydrogen (secondary N) is 2. The van der Waals surface area contributed by atoms with E-state index in [1.165, 1.54) is 13.2 Å². The highest BCUT2D eigenvalue weighted by atomic mass is 19.1. The van der Waals surface area contributed by atoms with Crippen LogP contribution in [0.2, 0.25) is 0 Å². The number of likely N-dealkylation sites (N-methyl/N-ethyl adjacent to an activating group) is 1. The van der Waals surface area contributed by atoms with Crippen molar-refractivity contribution < 1.29 is 18.7 Å². The van der Waals surface area contributed by atoms with Gasteiger partial charge >= 0.3 is 0 Å². The van der Waals surface area contributed by atoms with Crippen LogP contribution in [-0.2, 0) is 22.6 Å². The topological polar surface area (TPSA) is 93.5 Å². The predicted molar refractivity (Wildman–Crippen MR) is 128 cm³/mol. The molecule has 0 aliphatic carbocycles. The number of anilines is 3. The monoisotopic (exact) mass is 468 g/mol. The minimum atomic E-state index is -0.435. The second-order valence-electron chi connectivity index (χ2n) is 8.34. The van der Waals surface area contributed by atoms with Crippen LogP contribution in [0.25, 0.3) is 0 Å². The molecular formula is C24H29FN6O3. The Kier molecular flexibility index (Phi) is 6.69. The van der Waals surface area contributed by atoms with Crippen molar-refractivity contribution in [1.29, 1.82) is 0 Å². The second-order valence-corrected chi connectivity index (χ2v) is 8.34. The Morgan fingerprint density at radius 2 is 2.06 bits per heavy atom. The zero-order valence-corrected chi connectivity index (χ0v) is 19.9. The Morgan fingerprint density at radius 1 is 1.26 bits per heavy atom. The summed E-state index contributed by atoms with van der Waals surface area (Å²) in [7, 11) is 4.93. The predicted octanol–water partition coefficient (Wildman–Crippen LogP) is 3.19. The highest BCUT2D eigenvalue weighted by molar-refractivity contribution is 6.04. The van der Waals surface area contributed by atoms with Crippen molar-refractivity contribution in [2.45, 2.75) is 39.1 Å². The van der Waals surface area contributed by atoms with Gasteiger partial charge in [-0.15, -0.1) is 0 Å². The first-order valence-electron chi connectivity index (χ1n) is 11.0. The quantitative estimate of drug-likeness (QED) is 0.524. The van der Waals surface area contributed by atoms with Crippen LogP contribution in [-0.4, -0.2) is 54.1 Å². The van der Waals surface area contributed by atoms with E-state index in [-0.39, 0.29) is 17.8 Å². The van der Waals surface area contributed by atoms with E-state index in [4.69, 9.17) is 9.47 Å². The Labute approximate surface area is 197 Å². The SMILES string of the molecule is COc1cc(Cn2cc(CNc3cc4c(c(C)n3)NC(=O)[C@H]([C@@H](C)OC)N4C)cn2)ccc1F. The number of amides is 1. The third-order valence-electron chi connectivity index (χ3n) is 6.03. The number of halogens is 1. The summed E-state index contributed by atoms with van der Waals surface area (Å²) in [6, 6.07) is 6.26. The number of hydrogen-bond donors (Lipinski definition) is 2. The molecule has 0 spiro atoms. The molecule has 3 heterocycles. The van der Waals surface area contributed by atoms with Gasteiger partial charge in [0.2, 0.25) is 5.91 Å². The fourth-order valence-corrected chi connectivity index (χ4v) is 4.13. The molecule has 180 valence electrons. The first kappa shape index (κ1) is 23.5. The van der Waals surface area contributed by atoms with Gasteiger partial charge in [0.25, 0.3) is 0 Å². The summed E-state index contributed by atoms with van der Waals surface area (Å²) < 4.78 is 25.9. The van der Waals surface area contributed by atoms with Crippen molar-refractivity contribution in [2.75, 3.05) is 36.8 Å². The number of ether oxygens (including phenoxy) is 2. The molecule has 2 aromatic heterocycles. The summed E-state index contributed by atoms with van der Waals surface area (Å²) in [4.78, 5) is 19.1. The van der Waals surface area contributed by atoms with Crippen LogP contribution in [0.15, 0.2) is 36.7 Å². The number of carbonyl (C=O) groups is 1. The minimum Gasteiger partial charge on any atom is -0.494 e. The van der Waals surface area contributed by atoms with Gasteiger partial charge in [0.1, 0.15) is 11.9 Å². The molecule has 3 aromatic rings. The van der Waals surface area contributed by atoms with Gasteiger partial charge in [0.15, 0.2) is 11.6 Å². The molecule has 1 aliphatic heterocycles. The van der Waals surface area contributed by atoms with Gasteiger partial charge in [-0.1, -0.05) is 6.07 Å². The summed E-state index contributed by atoms with van der Waals surface area (Å²) in [5.74, 6) is 0.404. The standard InChI is InChI=1S/C24H29FN6O3/c1-14-22-19(30(3)23(15(2)33-4)24(32)29-22)9-21(28-14)26-10-17-11-27-31(13-17)12-16-6-7-18(25)20(8-16)34-5/h6-9,11,13,15,23H,10,12H2,1-5H3,(H,26,28)(H,29,32)/t15-,23+/m1/s1. The summed E-state index contributed by atoms with van der Waals surface area (Å²) in [6.45, 7) is 4.76.